The molecule has 2 atom stereocenters. The zero-order valence-electron chi connectivity index (χ0n) is 18.2. The van der Waals surface area contributed by atoms with Crippen molar-refractivity contribution in [2.45, 2.75) is 70.6 Å². The van der Waals surface area contributed by atoms with Gasteiger partial charge >= 0.3 is 6.09 Å². The molecule has 1 fully saturated rings. The van der Waals surface area contributed by atoms with Gasteiger partial charge in [-0.15, -0.1) is 0 Å². The molecular formula is C20H32N6O3Si. The maximum absolute atomic E-state index is 11.1. The molecule has 3 rings (SSSR count). The summed E-state index contributed by atoms with van der Waals surface area (Å²) in [5.74, 6) is 0.962. The number of hydrogen-bond acceptors (Lipinski definition) is 7. The van der Waals surface area contributed by atoms with Crippen LogP contribution in [0.2, 0.25) is 25.7 Å². The summed E-state index contributed by atoms with van der Waals surface area (Å²) in [7, 11) is -1.15. The molecule has 164 valence electrons. The minimum absolute atomic E-state index is 0.147. The van der Waals surface area contributed by atoms with Crippen LogP contribution >= 0.6 is 0 Å². The van der Waals surface area contributed by atoms with E-state index in [1.807, 2.05) is 23.7 Å². The summed E-state index contributed by atoms with van der Waals surface area (Å²) in [6.45, 7) is 10.0. The van der Waals surface area contributed by atoms with Crippen LogP contribution in [0.4, 0.5) is 16.3 Å². The van der Waals surface area contributed by atoms with Crippen molar-refractivity contribution in [2.75, 3.05) is 11.9 Å². The lowest BCUT2D eigenvalue weighted by molar-refractivity contribution is 0.0753. The molecule has 0 saturated heterocycles. The van der Waals surface area contributed by atoms with E-state index in [0.717, 1.165) is 54.8 Å². The second kappa shape index (κ2) is 9.56. The van der Waals surface area contributed by atoms with Crippen LogP contribution < -0.4 is 11.1 Å². The Morgan fingerprint density at radius 3 is 2.87 bits per heavy atom. The van der Waals surface area contributed by atoms with Gasteiger partial charge in [0.05, 0.1) is 17.6 Å². The number of primary amides is 1. The smallest absolute Gasteiger partial charge is 0.404 e. The Balaban J connectivity index is 1.74. The van der Waals surface area contributed by atoms with Gasteiger partial charge in [0, 0.05) is 32.4 Å². The highest BCUT2D eigenvalue weighted by atomic mass is 28.3. The molecule has 2 unspecified atom stereocenters. The Morgan fingerprint density at radius 2 is 2.17 bits per heavy atom. The van der Waals surface area contributed by atoms with Crippen LogP contribution in [0.5, 0.6) is 0 Å². The number of carbonyl (C=O) groups excluding carboxylic acids is 1. The van der Waals surface area contributed by atoms with Crippen molar-refractivity contribution < 1.29 is 14.3 Å². The molecule has 1 aliphatic carbocycles. The normalized spacial score (nSPS) is 19.1. The second-order valence-electron chi connectivity index (χ2n) is 9.03. The van der Waals surface area contributed by atoms with E-state index >= 15 is 0 Å². The molecule has 2 aromatic rings. The predicted octanol–water partition coefficient (Wildman–Crippen LogP) is 3.77. The van der Waals surface area contributed by atoms with Crippen molar-refractivity contribution in [1.82, 2.24) is 20.0 Å². The summed E-state index contributed by atoms with van der Waals surface area (Å²) < 4.78 is 13.1. The van der Waals surface area contributed by atoms with Gasteiger partial charge < -0.3 is 20.5 Å². The molecule has 1 saturated carbocycles. The van der Waals surface area contributed by atoms with Crippen LogP contribution in [0.15, 0.2) is 18.3 Å². The van der Waals surface area contributed by atoms with Crippen molar-refractivity contribution >= 4 is 25.7 Å². The number of nitrogens with two attached hydrogens (primary N) is 1. The standard InChI is InChI=1S/C20H32N6O3Si/c1-14-17(7-8-22-24-14)23-19-12-18(15-5-6-16(11-15)29-20(21)27)26(25-19)13-28-9-10-30(2,3)4/h7-8,12,15-16H,5-6,9-11,13H2,1-4H3,(H2,21,27)(H,22,23,25). The molecule has 30 heavy (non-hydrogen) atoms. The number of anilines is 2. The molecule has 1 aliphatic rings. The number of ether oxygens (including phenoxy) is 2. The van der Waals surface area contributed by atoms with Crippen LogP contribution in [-0.4, -0.2) is 46.9 Å². The Labute approximate surface area is 178 Å². The molecular weight excluding hydrogens is 400 g/mol. The first-order chi connectivity index (χ1) is 14.2. The largest absolute Gasteiger partial charge is 0.446 e. The quantitative estimate of drug-likeness (QED) is 0.457. The Morgan fingerprint density at radius 1 is 1.37 bits per heavy atom. The topological polar surface area (TPSA) is 117 Å². The van der Waals surface area contributed by atoms with Gasteiger partial charge in [-0.25, -0.2) is 9.48 Å². The van der Waals surface area contributed by atoms with Gasteiger partial charge in [0.25, 0.3) is 0 Å². The van der Waals surface area contributed by atoms with Gasteiger partial charge in [-0.05, 0) is 38.3 Å². The van der Waals surface area contributed by atoms with E-state index in [4.69, 9.17) is 20.3 Å². The van der Waals surface area contributed by atoms with Crippen molar-refractivity contribution in [3.8, 4) is 0 Å². The third-order valence-electron chi connectivity index (χ3n) is 5.27. The average molecular weight is 433 g/mol. The zero-order valence-corrected chi connectivity index (χ0v) is 19.2. The van der Waals surface area contributed by atoms with E-state index in [1.165, 1.54) is 0 Å². The summed E-state index contributed by atoms with van der Waals surface area (Å²) >= 11 is 0. The summed E-state index contributed by atoms with van der Waals surface area (Å²) in [4.78, 5) is 11.1. The first-order valence-electron chi connectivity index (χ1n) is 10.4. The minimum atomic E-state index is -1.15. The number of nitrogens with one attached hydrogen (secondary N) is 1. The lowest BCUT2D eigenvalue weighted by atomic mass is 10.0. The molecule has 0 bridgehead atoms. The lowest BCUT2D eigenvalue weighted by Gasteiger charge is -2.17. The first-order valence-corrected chi connectivity index (χ1v) is 14.1. The third kappa shape index (κ3) is 6.27. The molecule has 2 aromatic heterocycles. The van der Waals surface area contributed by atoms with Crippen LogP contribution in [0.25, 0.3) is 0 Å². The van der Waals surface area contributed by atoms with Crippen LogP contribution in [0.1, 0.15) is 36.6 Å². The second-order valence-corrected chi connectivity index (χ2v) is 14.6. The Hall–Kier alpha value is -2.46. The summed E-state index contributed by atoms with van der Waals surface area (Å²) in [5, 5.41) is 16.0. The number of rotatable bonds is 9. The zero-order chi connectivity index (χ0) is 21.7. The van der Waals surface area contributed by atoms with Crippen LogP contribution in [-0.2, 0) is 16.2 Å². The molecule has 0 aliphatic heterocycles. The fourth-order valence-corrected chi connectivity index (χ4v) is 4.36. The van der Waals surface area contributed by atoms with Crippen molar-refractivity contribution in [2.24, 2.45) is 5.73 Å². The summed E-state index contributed by atoms with van der Waals surface area (Å²) in [6, 6.07) is 5.02. The molecule has 2 heterocycles. The van der Waals surface area contributed by atoms with Gasteiger partial charge in [0.2, 0.25) is 0 Å². The van der Waals surface area contributed by atoms with Crippen molar-refractivity contribution in [1.29, 1.82) is 0 Å². The number of carbonyl (C=O) groups is 1. The van der Waals surface area contributed by atoms with E-state index in [9.17, 15) is 4.79 Å². The fraction of sp³-hybridized carbons (Fsp3) is 0.600. The van der Waals surface area contributed by atoms with E-state index in [2.05, 4.69) is 35.2 Å². The number of nitrogens with zero attached hydrogens (tertiary/aromatic N) is 4. The fourth-order valence-electron chi connectivity index (χ4n) is 3.61. The third-order valence-corrected chi connectivity index (χ3v) is 6.98. The number of hydrogen-bond donors (Lipinski definition) is 2. The number of aromatic nitrogens is 4. The molecule has 0 spiro atoms. The highest BCUT2D eigenvalue weighted by Crippen LogP contribution is 2.37. The molecule has 1 amide bonds. The molecule has 9 nitrogen and oxygen atoms in total. The highest BCUT2D eigenvalue weighted by Gasteiger charge is 2.31. The highest BCUT2D eigenvalue weighted by molar-refractivity contribution is 6.76. The van der Waals surface area contributed by atoms with Gasteiger partial charge in [-0.1, -0.05) is 19.6 Å². The minimum Gasteiger partial charge on any atom is -0.446 e. The van der Waals surface area contributed by atoms with Crippen LogP contribution in [0, 0.1) is 6.92 Å². The van der Waals surface area contributed by atoms with E-state index in [1.54, 1.807) is 6.20 Å². The van der Waals surface area contributed by atoms with Gasteiger partial charge in [0.1, 0.15) is 12.8 Å². The van der Waals surface area contributed by atoms with Gasteiger partial charge in [-0.3, -0.25) is 0 Å². The first kappa shape index (κ1) is 22.2. The maximum atomic E-state index is 11.1. The van der Waals surface area contributed by atoms with Crippen molar-refractivity contribution in [3.05, 3.63) is 29.7 Å². The molecule has 10 heteroatoms. The van der Waals surface area contributed by atoms with E-state index < -0.39 is 14.2 Å². The number of amides is 1. The molecule has 0 radical (unpaired) electrons. The molecule has 0 aromatic carbocycles. The maximum Gasteiger partial charge on any atom is 0.404 e. The van der Waals surface area contributed by atoms with Gasteiger partial charge in [-0.2, -0.15) is 15.3 Å². The summed E-state index contributed by atoms with van der Waals surface area (Å²) in [5.41, 5.74) is 7.93. The SMILES string of the molecule is Cc1nnccc1Nc1cc(C2CCC(OC(N)=O)C2)n(COCC[Si](C)(C)C)n1. The monoisotopic (exact) mass is 432 g/mol. The van der Waals surface area contributed by atoms with Crippen molar-refractivity contribution in [3.63, 3.8) is 0 Å². The van der Waals surface area contributed by atoms with E-state index in [-0.39, 0.29) is 12.0 Å². The summed E-state index contributed by atoms with van der Waals surface area (Å²) in [6.07, 6.45) is 3.23. The molecule has 3 N–H and O–H groups in total. The van der Waals surface area contributed by atoms with Gasteiger partial charge in [0.15, 0.2) is 5.82 Å². The Kier molecular flexibility index (Phi) is 7.09. The predicted molar refractivity (Wildman–Crippen MR) is 117 cm³/mol. The van der Waals surface area contributed by atoms with Crippen LogP contribution in [0.3, 0.4) is 0 Å². The average Bonchev–Trinajstić information content (AvgIpc) is 3.26. The van der Waals surface area contributed by atoms with E-state index in [0.29, 0.717) is 6.73 Å². The number of aryl methyl sites for hydroxylation is 1. The Bertz CT molecular complexity index is 866. The lowest BCUT2D eigenvalue weighted by Crippen LogP contribution is -2.22.